The van der Waals surface area contributed by atoms with Crippen molar-refractivity contribution in [1.29, 1.82) is 0 Å². The van der Waals surface area contributed by atoms with Crippen molar-refractivity contribution >= 4 is 5.91 Å². The first-order valence-electron chi connectivity index (χ1n) is 7.45. The van der Waals surface area contributed by atoms with Gasteiger partial charge in [0.15, 0.2) is 0 Å². The van der Waals surface area contributed by atoms with E-state index in [0.717, 1.165) is 32.1 Å². The lowest BCUT2D eigenvalue weighted by Gasteiger charge is -2.33. The predicted molar refractivity (Wildman–Crippen MR) is 74.0 cm³/mol. The Morgan fingerprint density at radius 3 is 2.61 bits per heavy atom. The van der Waals surface area contributed by atoms with Crippen LogP contribution >= 0.6 is 0 Å². The third-order valence-electron chi connectivity index (χ3n) is 5.01. The van der Waals surface area contributed by atoms with Crippen molar-refractivity contribution in [1.82, 2.24) is 5.32 Å². The van der Waals surface area contributed by atoms with E-state index in [2.05, 4.69) is 26.1 Å². The molecule has 18 heavy (non-hydrogen) atoms. The van der Waals surface area contributed by atoms with E-state index in [4.69, 9.17) is 5.73 Å². The Balaban J connectivity index is 1.88. The molecule has 3 N–H and O–H groups in total. The molecule has 2 rings (SSSR count). The van der Waals surface area contributed by atoms with Crippen molar-refractivity contribution in [3.63, 3.8) is 0 Å². The van der Waals surface area contributed by atoms with Gasteiger partial charge in [0.25, 0.3) is 0 Å². The first-order chi connectivity index (χ1) is 8.39. The van der Waals surface area contributed by atoms with Crippen LogP contribution in [0.3, 0.4) is 0 Å². The molecule has 3 nitrogen and oxygen atoms in total. The molecule has 0 aromatic rings. The van der Waals surface area contributed by atoms with E-state index in [0.29, 0.717) is 17.4 Å². The topological polar surface area (TPSA) is 55.1 Å². The molecule has 0 spiro atoms. The van der Waals surface area contributed by atoms with Gasteiger partial charge in [-0.25, -0.2) is 0 Å². The maximum atomic E-state index is 12.4. The molecular formula is C15H28N2O. The van der Waals surface area contributed by atoms with Crippen molar-refractivity contribution in [2.24, 2.45) is 23.0 Å². The summed E-state index contributed by atoms with van der Waals surface area (Å²) in [6.45, 7) is 6.71. The Morgan fingerprint density at radius 1 is 1.28 bits per heavy atom. The van der Waals surface area contributed by atoms with Gasteiger partial charge >= 0.3 is 0 Å². The number of carbonyl (C=O) groups is 1. The van der Waals surface area contributed by atoms with Crippen molar-refractivity contribution in [3.8, 4) is 0 Å². The summed E-state index contributed by atoms with van der Waals surface area (Å²) in [4.78, 5) is 12.4. The lowest BCUT2D eigenvalue weighted by atomic mass is 9.76. The normalized spacial score (nSPS) is 39.6. The Labute approximate surface area is 111 Å². The summed E-state index contributed by atoms with van der Waals surface area (Å²) in [7, 11) is 0. The van der Waals surface area contributed by atoms with Crippen LogP contribution in [0.4, 0.5) is 0 Å². The fraction of sp³-hybridized carbons (Fsp3) is 0.933. The SMILES string of the molecule is CC1C(N)CCCC1C(=O)NC1CCC(C)(C)C1. The number of nitrogens with one attached hydrogen (secondary N) is 1. The highest BCUT2D eigenvalue weighted by molar-refractivity contribution is 5.79. The molecule has 0 saturated heterocycles. The summed E-state index contributed by atoms with van der Waals surface area (Å²) >= 11 is 0. The second kappa shape index (κ2) is 5.20. The number of amides is 1. The Bertz CT molecular complexity index is 314. The van der Waals surface area contributed by atoms with Crippen LogP contribution in [0.2, 0.25) is 0 Å². The molecule has 2 fully saturated rings. The molecule has 2 saturated carbocycles. The average Bonchev–Trinajstić information content (AvgIpc) is 2.62. The summed E-state index contributed by atoms with van der Waals surface area (Å²) in [6, 6.07) is 0.590. The molecule has 0 aliphatic heterocycles. The molecule has 0 aromatic heterocycles. The maximum absolute atomic E-state index is 12.4. The summed E-state index contributed by atoms with van der Waals surface area (Å²) in [5.74, 6) is 0.714. The van der Waals surface area contributed by atoms with Crippen molar-refractivity contribution in [3.05, 3.63) is 0 Å². The van der Waals surface area contributed by atoms with E-state index in [1.54, 1.807) is 0 Å². The molecule has 2 aliphatic rings. The lowest BCUT2D eigenvalue weighted by molar-refractivity contribution is -0.128. The fourth-order valence-corrected chi connectivity index (χ4v) is 3.64. The zero-order valence-electron chi connectivity index (χ0n) is 12.0. The smallest absolute Gasteiger partial charge is 0.223 e. The Morgan fingerprint density at radius 2 is 2.00 bits per heavy atom. The van der Waals surface area contributed by atoms with Crippen LogP contribution in [0.25, 0.3) is 0 Å². The molecule has 4 atom stereocenters. The first-order valence-corrected chi connectivity index (χ1v) is 7.45. The van der Waals surface area contributed by atoms with E-state index >= 15 is 0 Å². The van der Waals surface area contributed by atoms with Gasteiger partial charge in [0.1, 0.15) is 0 Å². The summed E-state index contributed by atoms with van der Waals surface area (Å²) in [5, 5.41) is 3.26. The standard InChI is InChI=1S/C15H28N2O/c1-10-12(5-4-6-13(10)16)14(18)17-11-7-8-15(2,3)9-11/h10-13H,4-9,16H2,1-3H3,(H,17,18). The van der Waals surface area contributed by atoms with E-state index < -0.39 is 0 Å². The van der Waals surface area contributed by atoms with Gasteiger partial charge in [-0.05, 0) is 43.4 Å². The molecule has 2 aliphatic carbocycles. The van der Waals surface area contributed by atoms with Crippen LogP contribution in [-0.4, -0.2) is 18.0 Å². The minimum atomic E-state index is 0.137. The molecule has 0 bridgehead atoms. The van der Waals surface area contributed by atoms with Gasteiger partial charge < -0.3 is 11.1 Å². The quantitative estimate of drug-likeness (QED) is 0.793. The second-order valence-corrected chi connectivity index (χ2v) is 7.17. The molecule has 104 valence electrons. The third-order valence-corrected chi connectivity index (χ3v) is 5.01. The minimum absolute atomic E-state index is 0.137. The van der Waals surface area contributed by atoms with Crippen LogP contribution in [0.1, 0.15) is 59.3 Å². The number of hydrogen-bond acceptors (Lipinski definition) is 2. The van der Waals surface area contributed by atoms with Crippen LogP contribution < -0.4 is 11.1 Å². The predicted octanol–water partition coefficient (Wildman–Crippen LogP) is 2.44. The zero-order chi connectivity index (χ0) is 13.3. The minimum Gasteiger partial charge on any atom is -0.353 e. The molecule has 1 amide bonds. The molecule has 3 heteroatoms. The lowest BCUT2D eigenvalue weighted by Crippen LogP contribution is -2.46. The summed E-state index contributed by atoms with van der Waals surface area (Å²) in [6.07, 6.45) is 6.65. The van der Waals surface area contributed by atoms with Crippen molar-refractivity contribution < 1.29 is 4.79 Å². The van der Waals surface area contributed by atoms with E-state index in [9.17, 15) is 4.79 Å². The molecule has 0 radical (unpaired) electrons. The highest BCUT2D eigenvalue weighted by atomic mass is 16.2. The van der Waals surface area contributed by atoms with Gasteiger partial charge in [-0.2, -0.15) is 0 Å². The van der Waals surface area contributed by atoms with Gasteiger partial charge in [-0.1, -0.05) is 27.2 Å². The number of carbonyl (C=O) groups excluding carboxylic acids is 1. The van der Waals surface area contributed by atoms with Crippen LogP contribution in [0.15, 0.2) is 0 Å². The summed E-state index contributed by atoms with van der Waals surface area (Å²) in [5.41, 5.74) is 6.47. The molecular weight excluding hydrogens is 224 g/mol. The van der Waals surface area contributed by atoms with Gasteiger partial charge in [0.2, 0.25) is 5.91 Å². The highest BCUT2D eigenvalue weighted by Gasteiger charge is 2.36. The van der Waals surface area contributed by atoms with Gasteiger partial charge in [-0.3, -0.25) is 4.79 Å². The van der Waals surface area contributed by atoms with Gasteiger partial charge in [0, 0.05) is 18.0 Å². The fourth-order valence-electron chi connectivity index (χ4n) is 3.64. The maximum Gasteiger partial charge on any atom is 0.223 e. The Kier molecular flexibility index (Phi) is 4.00. The van der Waals surface area contributed by atoms with Crippen molar-refractivity contribution in [2.45, 2.75) is 71.4 Å². The largest absolute Gasteiger partial charge is 0.353 e. The van der Waals surface area contributed by atoms with Gasteiger partial charge in [-0.15, -0.1) is 0 Å². The molecule has 0 heterocycles. The first kappa shape index (κ1) is 13.9. The van der Waals surface area contributed by atoms with E-state index in [1.807, 2.05) is 0 Å². The summed E-state index contributed by atoms with van der Waals surface area (Å²) < 4.78 is 0. The monoisotopic (exact) mass is 252 g/mol. The van der Waals surface area contributed by atoms with Crippen LogP contribution in [0, 0.1) is 17.3 Å². The number of hydrogen-bond donors (Lipinski definition) is 2. The second-order valence-electron chi connectivity index (χ2n) is 7.17. The Hall–Kier alpha value is -0.570. The van der Waals surface area contributed by atoms with Crippen LogP contribution in [0.5, 0.6) is 0 Å². The van der Waals surface area contributed by atoms with E-state index in [-0.39, 0.29) is 17.9 Å². The number of rotatable bonds is 2. The average molecular weight is 252 g/mol. The molecule has 4 unspecified atom stereocenters. The third kappa shape index (κ3) is 3.05. The van der Waals surface area contributed by atoms with Crippen molar-refractivity contribution in [2.75, 3.05) is 0 Å². The zero-order valence-corrected chi connectivity index (χ0v) is 12.0. The van der Waals surface area contributed by atoms with E-state index in [1.165, 1.54) is 6.42 Å². The molecule has 0 aromatic carbocycles. The van der Waals surface area contributed by atoms with Crippen LogP contribution in [-0.2, 0) is 4.79 Å². The highest BCUT2D eigenvalue weighted by Crippen LogP contribution is 2.37. The number of nitrogens with two attached hydrogens (primary N) is 1. The van der Waals surface area contributed by atoms with Gasteiger partial charge in [0.05, 0.1) is 0 Å².